The van der Waals surface area contributed by atoms with Gasteiger partial charge in [-0.3, -0.25) is 0 Å². The van der Waals surface area contributed by atoms with Gasteiger partial charge in [0.25, 0.3) is 0 Å². The summed E-state index contributed by atoms with van der Waals surface area (Å²) in [7, 11) is -2.00. The molecule has 0 saturated carbocycles. The normalized spacial score (nSPS) is 29.6. The fraction of sp³-hybridized carbons (Fsp3) is 0.529. The maximum absolute atomic E-state index is 12.3. The minimum absolute atomic E-state index is 0.0267. The molecule has 7 nitrogen and oxygen atoms in total. The number of carbonyl (C=O) groups is 2. The number of methoxy groups -OCH3 is 1. The molecule has 2 aliphatic rings. The van der Waals surface area contributed by atoms with Crippen molar-refractivity contribution in [3.63, 3.8) is 0 Å². The Morgan fingerprint density at radius 1 is 1.16 bits per heavy atom. The number of carbonyl (C=O) groups excluding carboxylic acids is 2. The van der Waals surface area contributed by atoms with E-state index in [0.29, 0.717) is 12.8 Å². The lowest BCUT2D eigenvalue weighted by Crippen LogP contribution is -2.61. The maximum Gasteiger partial charge on any atom is 0.408 e. The van der Waals surface area contributed by atoms with Crippen LogP contribution in [-0.4, -0.2) is 43.6 Å². The van der Waals surface area contributed by atoms with E-state index in [1.165, 1.54) is 7.11 Å². The lowest BCUT2D eigenvalue weighted by molar-refractivity contribution is -0.149. The van der Waals surface area contributed by atoms with Gasteiger partial charge in [0.05, 0.1) is 17.6 Å². The van der Waals surface area contributed by atoms with Gasteiger partial charge in [-0.15, -0.1) is 0 Å². The molecule has 0 radical (unpaired) electrons. The Bertz CT molecular complexity index is 741. The highest BCUT2D eigenvalue weighted by Gasteiger charge is 2.57. The molecular weight excluding hydrogens is 346 g/mol. The number of fused-ring (bicyclic) bond motifs is 2. The zero-order chi connectivity index (χ0) is 18.1. The fourth-order valence-electron chi connectivity index (χ4n) is 3.74. The lowest BCUT2D eigenvalue weighted by atomic mass is 9.89. The molecule has 2 atom stereocenters. The molecule has 2 fully saturated rings. The number of amides is 1. The van der Waals surface area contributed by atoms with Crippen LogP contribution < -0.4 is 5.32 Å². The van der Waals surface area contributed by atoms with Crippen molar-refractivity contribution in [3.05, 3.63) is 35.9 Å². The van der Waals surface area contributed by atoms with Gasteiger partial charge in [-0.25, -0.2) is 18.0 Å². The number of hydrogen-bond acceptors (Lipinski definition) is 6. The van der Waals surface area contributed by atoms with Gasteiger partial charge in [0.2, 0.25) is 0 Å². The van der Waals surface area contributed by atoms with Crippen molar-refractivity contribution in [2.75, 3.05) is 7.11 Å². The second kappa shape index (κ2) is 6.67. The molecule has 3 rings (SSSR count). The summed E-state index contributed by atoms with van der Waals surface area (Å²) in [6, 6.07) is 9.15. The van der Waals surface area contributed by atoms with Crippen LogP contribution in [0.2, 0.25) is 0 Å². The number of hydrogen-bond donors (Lipinski definition) is 1. The van der Waals surface area contributed by atoms with Gasteiger partial charge in [0, 0.05) is 0 Å². The highest BCUT2D eigenvalue weighted by molar-refractivity contribution is 7.93. The average molecular weight is 367 g/mol. The SMILES string of the molecule is COC(=O)C1(NC(=O)OCc2ccccc2)CC2CCC(C1)S2(=O)=O. The molecule has 2 unspecified atom stereocenters. The minimum atomic E-state index is -3.23. The lowest BCUT2D eigenvalue weighted by Gasteiger charge is -2.38. The predicted octanol–water partition coefficient (Wildman–Crippen LogP) is 1.56. The molecule has 2 heterocycles. The molecule has 2 bridgehead atoms. The molecule has 0 aromatic heterocycles. The molecule has 25 heavy (non-hydrogen) atoms. The topological polar surface area (TPSA) is 98.8 Å². The van der Waals surface area contributed by atoms with Gasteiger partial charge in [-0.05, 0) is 31.2 Å². The van der Waals surface area contributed by atoms with Crippen molar-refractivity contribution in [1.29, 1.82) is 0 Å². The first-order valence-electron chi connectivity index (χ1n) is 8.17. The summed E-state index contributed by atoms with van der Waals surface area (Å²) in [5.41, 5.74) is -0.532. The predicted molar refractivity (Wildman–Crippen MR) is 89.5 cm³/mol. The first kappa shape index (κ1) is 17.7. The smallest absolute Gasteiger partial charge is 0.408 e. The largest absolute Gasteiger partial charge is 0.467 e. The fourth-order valence-corrected chi connectivity index (χ4v) is 6.25. The van der Waals surface area contributed by atoms with E-state index in [9.17, 15) is 18.0 Å². The Morgan fingerprint density at radius 3 is 2.32 bits per heavy atom. The van der Waals surface area contributed by atoms with Crippen LogP contribution in [0.15, 0.2) is 30.3 Å². The molecule has 0 aliphatic carbocycles. The quantitative estimate of drug-likeness (QED) is 0.811. The molecule has 1 amide bonds. The molecule has 2 saturated heterocycles. The van der Waals surface area contributed by atoms with Gasteiger partial charge < -0.3 is 14.8 Å². The van der Waals surface area contributed by atoms with E-state index in [0.717, 1.165) is 5.56 Å². The van der Waals surface area contributed by atoms with Crippen molar-refractivity contribution in [2.24, 2.45) is 0 Å². The van der Waals surface area contributed by atoms with E-state index in [1.54, 1.807) is 0 Å². The minimum Gasteiger partial charge on any atom is -0.467 e. The Kier molecular flexibility index (Phi) is 4.73. The highest BCUT2D eigenvalue weighted by atomic mass is 32.2. The van der Waals surface area contributed by atoms with Crippen LogP contribution in [0.4, 0.5) is 4.79 Å². The molecule has 8 heteroatoms. The Morgan fingerprint density at radius 2 is 1.76 bits per heavy atom. The van der Waals surface area contributed by atoms with Crippen molar-refractivity contribution >= 4 is 21.9 Å². The van der Waals surface area contributed by atoms with E-state index in [4.69, 9.17) is 9.47 Å². The van der Waals surface area contributed by atoms with E-state index in [1.807, 2.05) is 30.3 Å². The molecule has 136 valence electrons. The first-order chi connectivity index (χ1) is 11.9. The second-order valence-electron chi connectivity index (χ2n) is 6.58. The second-order valence-corrected chi connectivity index (χ2v) is 9.09. The van der Waals surface area contributed by atoms with Gasteiger partial charge in [0.1, 0.15) is 12.1 Å². The molecule has 1 aromatic rings. The Labute approximate surface area is 146 Å². The summed E-state index contributed by atoms with van der Waals surface area (Å²) in [5, 5.41) is 1.34. The summed E-state index contributed by atoms with van der Waals surface area (Å²) in [5.74, 6) is -0.629. The highest BCUT2D eigenvalue weighted by Crippen LogP contribution is 2.43. The Hall–Kier alpha value is -2.09. The van der Waals surface area contributed by atoms with Crippen LogP contribution in [0, 0.1) is 0 Å². The third-order valence-corrected chi connectivity index (χ3v) is 7.69. The summed E-state index contributed by atoms with van der Waals surface area (Å²) in [4.78, 5) is 24.6. The van der Waals surface area contributed by atoms with Crippen molar-refractivity contribution < 1.29 is 27.5 Å². The zero-order valence-corrected chi connectivity index (χ0v) is 14.8. The van der Waals surface area contributed by atoms with Crippen LogP contribution in [0.1, 0.15) is 31.2 Å². The van der Waals surface area contributed by atoms with E-state index < -0.39 is 37.9 Å². The molecule has 1 N–H and O–H groups in total. The monoisotopic (exact) mass is 367 g/mol. The Balaban J connectivity index is 1.72. The van der Waals surface area contributed by atoms with Crippen molar-refractivity contribution in [2.45, 2.75) is 48.3 Å². The zero-order valence-electron chi connectivity index (χ0n) is 13.9. The number of rotatable bonds is 4. The maximum atomic E-state index is 12.3. The van der Waals surface area contributed by atoms with E-state index in [-0.39, 0.29) is 19.4 Å². The summed E-state index contributed by atoms with van der Waals surface area (Å²) >= 11 is 0. The number of benzene rings is 1. The van der Waals surface area contributed by atoms with Gasteiger partial charge in [-0.1, -0.05) is 30.3 Å². The summed E-state index contributed by atoms with van der Waals surface area (Å²) in [6.45, 7) is 0.0646. The summed E-state index contributed by atoms with van der Waals surface area (Å²) in [6.07, 6.45) is 0.310. The van der Waals surface area contributed by atoms with Gasteiger partial charge in [0.15, 0.2) is 9.84 Å². The number of esters is 1. The van der Waals surface area contributed by atoms with Gasteiger partial charge in [-0.2, -0.15) is 0 Å². The summed E-state index contributed by atoms with van der Waals surface area (Å²) < 4.78 is 34.6. The number of nitrogens with one attached hydrogen (secondary N) is 1. The van der Waals surface area contributed by atoms with Crippen molar-refractivity contribution in [1.82, 2.24) is 5.32 Å². The van der Waals surface area contributed by atoms with E-state index in [2.05, 4.69) is 5.32 Å². The van der Waals surface area contributed by atoms with Crippen LogP contribution in [0.3, 0.4) is 0 Å². The number of sulfone groups is 1. The molecular formula is C17H21NO6S. The molecule has 1 aromatic carbocycles. The van der Waals surface area contributed by atoms with Crippen LogP contribution in [0.5, 0.6) is 0 Å². The standard InChI is InChI=1S/C17H21NO6S/c1-23-15(19)17(9-13-7-8-14(10-17)25(13,21)22)18-16(20)24-11-12-5-3-2-4-6-12/h2-6,13-14H,7-11H2,1H3,(H,18,20). The van der Waals surface area contributed by atoms with Crippen LogP contribution >= 0.6 is 0 Å². The van der Waals surface area contributed by atoms with Gasteiger partial charge >= 0.3 is 12.1 Å². The average Bonchev–Trinajstić information content (AvgIpc) is 2.78. The molecule has 0 spiro atoms. The van der Waals surface area contributed by atoms with Crippen LogP contribution in [0.25, 0.3) is 0 Å². The number of alkyl carbamates (subject to hydrolysis) is 1. The third-order valence-electron chi connectivity index (χ3n) is 5.02. The first-order valence-corrected chi connectivity index (χ1v) is 9.78. The number of ether oxygens (including phenoxy) is 2. The van der Waals surface area contributed by atoms with Crippen molar-refractivity contribution in [3.8, 4) is 0 Å². The molecule has 2 aliphatic heterocycles. The van der Waals surface area contributed by atoms with Crippen LogP contribution in [-0.2, 0) is 30.7 Å². The van der Waals surface area contributed by atoms with E-state index >= 15 is 0 Å². The third kappa shape index (κ3) is 3.35.